The third-order valence-electron chi connectivity index (χ3n) is 1.41. The molecular weight excluding hydrogens is 147 g/mol. The second kappa shape index (κ2) is 5.57. The van der Waals surface area contributed by atoms with Crippen LogP contribution in [0.1, 0.15) is 26.2 Å². The maximum atomic E-state index is 10.5. The van der Waals surface area contributed by atoms with Crippen molar-refractivity contribution in [2.24, 2.45) is 0 Å². The van der Waals surface area contributed by atoms with Crippen LogP contribution in [-0.2, 0) is 4.57 Å². The zero-order valence-corrected chi connectivity index (χ0v) is 7.18. The summed E-state index contributed by atoms with van der Waals surface area (Å²) in [5, 5.41) is 0. The standard InChI is InChI=1S/C7H13O2P/c1-3-5-6-7(4-2)10(8)9/h4,7H,2-3,5-6H2,1H3/p+1. The average molecular weight is 161 g/mol. The molecule has 1 N–H and O–H groups in total. The topological polar surface area (TPSA) is 37.3 Å². The smallest absolute Gasteiger partial charge is 0.160 e. The Labute approximate surface area is 62.8 Å². The molecule has 0 heterocycles. The van der Waals surface area contributed by atoms with Crippen molar-refractivity contribution in [3.05, 3.63) is 12.7 Å². The van der Waals surface area contributed by atoms with Crippen LogP contribution in [0.4, 0.5) is 0 Å². The Morgan fingerprint density at radius 3 is 2.70 bits per heavy atom. The van der Waals surface area contributed by atoms with Crippen LogP contribution in [0.2, 0.25) is 0 Å². The second-order valence-electron chi connectivity index (χ2n) is 2.25. The molecule has 2 atom stereocenters. The molecule has 0 radical (unpaired) electrons. The average Bonchev–Trinajstić information content (AvgIpc) is 1.89. The lowest BCUT2D eigenvalue weighted by molar-refractivity contribution is 0.491. The number of rotatable bonds is 5. The van der Waals surface area contributed by atoms with Gasteiger partial charge in [-0.2, -0.15) is 4.89 Å². The van der Waals surface area contributed by atoms with Gasteiger partial charge in [0.25, 0.3) is 0 Å². The monoisotopic (exact) mass is 161 g/mol. The van der Waals surface area contributed by atoms with E-state index in [1.807, 2.05) is 0 Å². The van der Waals surface area contributed by atoms with E-state index >= 15 is 0 Å². The highest BCUT2D eigenvalue weighted by atomic mass is 31.1. The van der Waals surface area contributed by atoms with Gasteiger partial charge < -0.3 is 0 Å². The van der Waals surface area contributed by atoms with E-state index in [0.29, 0.717) is 0 Å². The zero-order chi connectivity index (χ0) is 7.98. The summed E-state index contributed by atoms with van der Waals surface area (Å²) in [6.07, 6.45) is 4.41. The zero-order valence-electron chi connectivity index (χ0n) is 6.29. The number of hydrogen-bond donors (Lipinski definition) is 1. The molecule has 0 amide bonds. The van der Waals surface area contributed by atoms with E-state index < -0.39 is 8.03 Å². The molecule has 0 aromatic rings. The summed E-state index contributed by atoms with van der Waals surface area (Å²) in [5.74, 6) is 0. The van der Waals surface area contributed by atoms with Gasteiger partial charge in [-0.3, -0.25) is 0 Å². The molecule has 2 nitrogen and oxygen atoms in total. The van der Waals surface area contributed by atoms with Crippen molar-refractivity contribution in [2.45, 2.75) is 31.8 Å². The van der Waals surface area contributed by atoms with E-state index in [-0.39, 0.29) is 5.66 Å². The molecule has 0 aliphatic rings. The van der Waals surface area contributed by atoms with Gasteiger partial charge in [0, 0.05) is 6.42 Å². The molecule has 58 valence electrons. The van der Waals surface area contributed by atoms with Gasteiger partial charge in [-0.25, -0.2) is 0 Å². The second-order valence-corrected chi connectivity index (χ2v) is 3.52. The highest BCUT2D eigenvalue weighted by Crippen LogP contribution is 2.27. The predicted molar refractivity (Wildman–Crippen MR) is 43.3 cm³/mol. The lowest BCUT2D eigenvalue weighted by Gasteiger charge is -1.94. The van der Waals surface area contributed by atoms with Gasteiger partial charge in [0.1, 0.15) is 0 Å². The van der Waals surface area contributed by atoms with Crippen LogP contribution in [0.15, 0.2) is 12.7 Å². The molecule has 0 saturated carbocycles. The normalized spacial score (nSPS) is 14.4. The third-order valence-corrected chi connectivity index (χ3v) is 2.45. The molecule has 0 aliphatic carbocycles. The molecule has 0 aromatic carbocycles. The molecule has 2 unspecified atom stereocenters. The van der Waals surface area contributed by atoms with Gasteiger partial charge in [-0.15, -0.1) is 0 Å². The minimum absolute atomic E-state index is 0.199. The van der Waals surface area contributed by atoms with Crippen molar-refractivity contribution >= 4 is 8.03 Å². The van der Waals surface area contributed by atoms with E-state index in [4.69, 9.17) is 4.89 Å². The molecule has 0 aliphatic heterocycles. The minimum atomic E-state index is -2.04. The molecule has 10 heavy (non-hydrogen) atoms. The first kappa shape index (κ1) is 9.80. The maximum Gasteiger partial charge on any atom is 0.512 e. The Bertz CT molecular complexity index is 123. The molecule has 0 rings (SSSR count). The Kier molecular flexibility index (Phi) is 5.46. The van der Waals surface area contributed by atoms with Crippen molar-refractivity contribution in [1.29, 1.82) is 0 Å². The minimum Gasteiger partial charge on any atom is -0.160 e. The van der Waals surface area contributed by atoms with E-state index in [0.717, 1.165) is 19.3 Å². The van der Waals surface area contributed by atoms with E-state index in [2.05, 4.69) is 13.5 Å². The van der Waals surface area contributed by atoms with Crippen LogP contribution < -0.4 is 0 Å². The van der Waals surface area contributed by atoms with Gasteiger partial charge in [0.2, 0.25) is 5.66 Å². The van der Waals surface area contributed by atoms with Gasteiger partial charge in [-0.05, 0) is 17.1 Å². The van der Waals surface area contributed by atoms with Crippen molar-refractivity contribution in [3.8, 4) is 0 Å². The fraction of sp³-hybridized carbons (Fsp3) is 0.714. The number of hydrogen-bond acceptors (Lipinski definition) is 1. The summed E-state index contributed by atoms with van der Waals surface area (Å²) < 4.78 is 10.5. The van der Waals surface area contributed by atoms with Gasteiger partial charge in [0.15, 0.2) is 0 Å². The molecule has 0 saturated heterocycles. The lowest BCUT2D eigenvalue weighted by Crippen LogP contribution is -1.95. The fourth-order valence-corrected chi connectivity index (χ4v) is 1.32. The Hall–Kier alpha value is -0.200. The van der Waals surface area contributed by atoms with Crippen molar-refractivity contribution in [1.82, 2.24) is 0 Å². The first-order valence-corrected chi connectivity index (χ1v) is 4.78. The summed E-state index contributed by atoms with van der Waals surface area (Å²) in [6, 6.07) is 0. The van der Waals surface area contributed by atoms with Crippen LogP contribution >= 0.6 is 8.03 Å². The summed E-state index contributed by atoms with van der Waals surface area (Å²) in [6.45, 7) is 5.55. The first-order valence-electron chi connectivity index (χ1n) is 3.50. The Morgan fingerprint density at radius 2 is 2.40 bits per heavy atom. The third kappa shape index (κ3) is 3.76. The Morgan fingerprint density at radius 1 is 1.80 bits per heavy atom. The predicted octanol–water partition coefficient (Wildman–Crippen LogP) is 2.47. The van der Waals surface area contributed by atoms with Crippen LogP contribution in [0.25, 0.3) is 0 Å². The van der Waals surface area contributed by atoms with Crippen molar-refractivity contribution in [3.63, 3.8) is 0 Å². The Balaban J connectivity index is 3.60. The summed E-state index contributed by atoms with van der Waals surface area (Å²) in [4.78, 5) is 8.68. The number of allylic oxidation sites excluding steroid dienone is 1. The van der Waals surface area contributed by atoms with Crippen molar-refractivity contribution < 1.29 is 9.46 Å². The summed E-state index contributed by atoms with van der Waals surface area (Å²) in [7, 11) is -2.04. The van der Waals surface area contributed by atoms with Crippen LogP contribution in [-0.4, -0.2) is 10.6 Å². The van der Waals surface area contributed by atoms with E-state index in [1.165, 1.54) is 0 Å². The van der Waals surface area contributed by atoms with Gasteiger partial charge in [0.05, 0.1) is 0 Å². The molecule has 0 aromatic heterocycles. The highest BCUT2D eigenvalue weighted by molar-refractivity contribution is 7.39. The fourth-order valence-electron chi connectivity index (χ4n) is 0.732. The molecule has 0 fully saturated rings. The molecule has 0 spiro atoms. The lowest BCUT2D eigenvalue weighted by atomic mass is 10.2. The van der Waals surface area contributed by atoms with Crippen LogP contribution in [0.5, 0.6) is 0 Å². The maximum absolute atomic E-state index is 10.5. The highest BCUT2D eigenvalue weighted by Gasteiger charge is 2.23. The van der Waals surface area contributed by atoms with Gasteiger partial charge >= 0.3 is 8.03 Å². The quantitative estimate of drug-likeness (QED) is 0.496. The van der Waals surface area contributed by atoms with Crippen LogP contribution in [0, 0.1) is 0 Å². The largest absolute Gasteiger partial charge is 0.512 e. The molecular formula is C7H14O2P+. The SMILES string of the molecule is C=CC(CCCC)[P+](=O)O. The van der Waals surface area contributed by atoms with E-state index in [9.17, 15) is 4.57 Å². The van der Waals surface area contributed by atoms with Gasteiger partial charge in [-0.1, -0.05) is 19.9 Å². The summed E-state index contributed by atoms with van der Waals surface area (Å²) >= 11 is 0. The summed E-state index contributed by atoms with van der Waals surface area (Å²) in [5.41, 5.74) is -0.199. The van der Waals surface area contributed by atoms with E-state index in [1.54, 1.807) is 6.08 Å². The van der Waals surface area contributed by atoms with Crippen molar-refractivity contribution in [2.75, 3.05) is 0 Å². The molecule has 3 heteroatoms. The molecule has 0 bridgehead atoms. The number of unbranched alkanes of at least 4 members (excludes halogenated alkanes) is 1. The first-order chi connectivity index (χ1) is 4.72. The van der Waals surface area contributed by atoms with Crippen LogP contribution in [0.3, 0.4) is 0 Å².